The van der Waals surface area contributed by atoms with Gasteiger partial charge in [0.25, 0.3) is 0 Å². The molecule has 1 aliphatic rings. The minimum absolute atomic E-state index is 0.924. The van der Waals surface area contributed by atoms with E-state index in [0.29, 0.717) is 0 Å². The summed E-state index contributed by atoms with van der Waals surface area (Å²) < 4.78 is 2.27. The maximum absolute atomic E-state index is 2.27. The van der Waals surface area contributed by atoms with Crippen molar-refractivity contribution in [1.82, 2.24) is 0 Å². The van der Waals surface area contributed by atoms with Gasteiger partial charge in [0, 0.05) is 19.2 Å². The molecule has 2 nitrogen and oxygen atoms in total. The van der Waals surface area contributed by atoms with Gasteiger partial charge >= 0.3 is 0 Å². The molecule has 0 N–H and O–H groups in total. The zero-order valence-corrected chi connectivity index (χ0v) is 8.72. The molecule has 0 aliphatic carbocycles. The van der Waals surface area contributed by atoms with E-state index in [9.17, 15) is 0 Å². The second-order valence-corrected chi connectivity index (χ2v) is 3.91. The van der Waals surface area contributed by atoms with Crippen molar-refractivity contribution < 1.29 is 4.57 Å². The van der Waals surface area contributed by atoms with E-state index < -0.39 is 0 Å². The first kappa shape index (κ1) is 8.48. The standard InChI is InChI=1S/C13H13N2/c1-14-10-15-9-5-4-8-13(15)11-6-2-3-7-12(11)14/h2-9H,10H2,1H3/q+1. The fourth-order valence-electron chi connectivity index (χ4n) is 2.17. The molecule has 1 aliphatic heterocycles. The van der Waals surface area contributed by atoms with Crippen LogP contribution in [-0.2, 0) is 6.67 Å². The smallest absolute Gasteiger partial charge is 0.224 e. The van der Waals surface area contributed by atoms with Crippen LogP contribution in [0, 0.1) is 0 Å². The van der Waals surface area contributed by atoms with E-state index >= 15 is 0 Å². The van der Waals surface area contributed by atoms with E-state index in [0.717, 1.165) is 6.67 Å². The largest absolute Gasteiger partial charge is 0.319 e. The zero-order chi connectivity index (χ0) is 10.3. The highest BCUT2D eigenvalue weighted by molar-refractivity contribution is 5.75. The van der Waals surface area contributed by atoms with E-state index in [1.165, 1.54) is 16.9 Å². The molecule has 0 radical (unpaired) electrons. The molecule has 1 aromatic carbocycles. The number of hydrogen-bond acceptors (Lipinski definition) is 1. The summed E-state index contributed by atoms with van der Waals surface area (Å²) in [5.41, 5.74) is 3.92. The Bertz CT molecular complexity index is 505. The van der Waals surface area contributed by atoms with Crippen molar-refractivity contribution in [3.05, 3.63) is 48.7 Å². The second kappa shape index (κ2) is 3.09. The molecular formula is C13H13N2+. The van der Waals surface area contributed by atoms with E-state index in [4.69, 9.17) is 0 Å². The molecule has 0 amide bonds. The average molecular weight is 197 g/mol. The van der Waals surface area contributed by atoms with Gasteiger partial charge in [-0.2, -0.15) is 4.57 Å². The van der Waals surface area contributed by atoms with Crippen molar-refractivity contribution in [2.45, 2.75) is 6.67 Å². The van der Waals surface area contributed by atoms with Gasteiger partial charge in [0.05, 0.1) is 11.3 Å². The van der Waals surface area contributed by atoms with Crippen LogP contribution in [0.1, 0.15) is 0 Å². The Morgan fingerprint density at radius 3 is 2.80 bits per heavy atom. The van der Waals surface area contributed by atoms with E-state index in [1.807, 2.05) is 0 Å². The van der Waals surface area contributed by atoms with Crippen molar-refractivity contribution in [3.8, 4) is 11.3 Å². The number of pyridine rings is 1. The highest BCUT2D eigenvalue weighted by Crippen LogP contribution is 2.30. The molecule has 3 rings (SSSR count). The summed E-state index contributed by atoms with van der Waals surface area (Å²) in [6, 6.07) is 14.9. The first-order valence-electron chi connectivity index (χ1n) is 5.15. The van der Waals surface area contributed by atoms with Gasteiger partial charge in [0.2, 0.25) is 12.4 Å². The van der Waals surface area contributed by atoms with Crippen molar-refractivity contribution in [2.24, 2.45) is 0 Å². The number of nitrogens with zero attached hydrogens (tertiary/aromatic N) is 2. The van der Waals surface area contributed by atoms with E-state index in [2.05, 4.69) is 65.2 Å². The Morgan fingerprint density at radius 1 is 1.07 bits per heavy atom. The fraction of sp³-hybridized carbons (Fsp3) is 0.154. The molecule has 0 fully saturated rings. The normalized spacial score (nSPS) is 13.3. The molecule has 0 spiro atoms. The third-order valence-electron chi connectivity index (χ3n) is 2.90. The number of fused-ring (bicyclic) bond motifs is 3. The van der Waals surface area contributed by atoms with Gasteiger partial charge in [-0.1, -0.05) is 12.1 Å². The first-order chi connectivity index (χ1) is 7.36. The lowest BCUT2D eigenvalue weighted by molar-refractivity contribution is -0.686. The third-order valence-corrected chi connectivity index (χ3v) is 2.90. The molecule has 0 saturated heterocycles. The minimum atomic E-state index is 0.924. The van der Waals surface area contributed by atoms with Crippen LogP contribution in [0.2, 0.25) is 0 Å². The summed E-state index contributed by atoms with van der Waals surface area (Å²) >= 11 is 0. The molecule has 1 aromatic heterocycles. The molecular weight excluding hydrogens is 184 g/mol. The van der Waals surface area contributed by atoms with Gasteiger partial charge in [-0.15, -0.1) is 0 Å². The number of benzene rings is 1. The van der Waals surface area contributed by atoms with Crippen LogP contribution >= 0.6 is 0 Å². The minimum Gasteiger partial charge on any atom is -0.319 e. The summed E-state index contributed by atoms with van der Waals surface area (Å²) in [6.07, 6.45) is 2.13. The Labute approximate surface area is 89.4 Å². The van der Waals surface area contributed by atoms with Crippen LogP contribution in [0.25, 0.3) is 11.3 Å². The van der Waals surface area contributed by atoms with Crippen LogP contribution in [-0.4, -0.2) is 7.05 Å². The molecule has 0 unspecified atom stereocenters. The van der Waals surface area contributed by atoms with Gasteiger partial charge in [-0.05, 0) is 18.2 Å². The lowest BCUT2D eigenvalue weighted by Gasteiger charge is -2.24. The molecule has 2 heterocycles. The summed E-state index contributed by atoms with van der Waals surface area (Å²) in [7, 11) is 2.13. The summed E-state index contributed by atoms with van der Waals surface area (Å²) in [4.78, 5) is 2.27. The third kappa shape index (κ3) is 1.22. The fourth-order valence-corrected chi connectivity index (χ4v) is 2.17. The predicted molar refractivity (Wildman–Crippen MR) is 60.5 cm³/mol. The lowest BCUT2D eigenvalue weighted by atomic mass is 10.1. The van der Waals surface area contributed by atoms with Crippen molar-refractivity contribution in [1.29, 1.82) is 0 Å². The maximum atomic E-state index is 2.27. The quantitative estimate of drug-likeness (QED) is 0.586. The molecule has 0 saturated carbocycles. The molecule has 0 bridgehead atoms. The molecule has 0 atom stereocenters. The SMILES string of the molecule is CN1C[n+]2ccccc2-c2ccccc21. The summed E-state index contributed by atoms with van der Waals surface area (Å²) in [6.45, 7) is 0.924. The van der Waals surface area contributed by atoms with Crippen molar-refractivity contribution in [3.63, 3.8) is 0 Å². The van der Waals surface area contributed by atoms with Crippen LogP contribution in [0.15, 0.2) is 48.7 Å². The Hall–Kier alpha value is -1.83. The Balaban J connectivity index is 2.30. The average Bonchev–Trinajstić information content (AvgIpc) is 2.30. The topological polar surface area (TPSA) is 7.12 Å². The monoisotopic (exact) mass is 197 g/mol. The molecule has 2 aromatic rings. The number of rotatable bonds is 0. The summed E-state index contributed by atoms with van der Waals surface area (Å²) in [5.74, 6) is 0. The van der Waals surface area contributed by atoms with E-state index in [1.54, 1.807) is 0 Å². The highest BCUT2D eigenvalue weighted by atomic mass is 15.2. The second-order valence-electron chi connectivity index (χ2n) is 3.91. The van der Waals surface area contributed by atoms with Gasteiger partial charge in [-0.3, -0.25) is 0 Å². The van der Waals surface area contributed by atoms with Crippen LogP contribution in [0.3, 0.4) is 0 Å². The Kier molecular flexibility index (Phi) is 1.75. The van der Waals surface area contributed by atoms with Crippen LogP contribution in [0.4, 0.5) is 5.69 Å². The van der Waals surface area contributed by atoms with E-state index in [-0.39, 0.29) is 0 Å². The first-order valence-corrected chi connectivity index (χ1v) is 5.15. The lowest BCUT2D eigenvalue weighted by Crippen LogP contribution is -2.47. The highest BCUT2D eigenvalue weighted by Gasteiger charge is 2.24. The van der Waals surface area contributed by atoms with Crippen LogP contribution in [0.5, 0.6) is 0 Å². The van der Waals surface area contributed by atoms with Gasteiger partial charge in [-0.25, -0.2) is 0 Å². The summed E-state index contributed by atoms with van der Waals surface area (Å²) in [5, 5.41) is 0. The number of hydrogen-bond donors (Lipinski definition) is 0. The van der Waals surface area contributed by atoms with Gasteiger partial charge in [0.15, 0.2) is 6.20 Å². The van der Waals surface area contributed by atoms with Gasteiger partial charge < -0.3 is 4.90 Å². The zero-order valence-electron chi connectivity index (χ0n) is 8.72. The molecule has 2 heteroatoms. The van der Waals surface area contributed by atoms with Gasteiger partial charge in [0.1, 0.15) is 0 Å². The predicted octanol–water partition coefficient (Wildman–Crippen LogP) is 2.05. The number of anilines is 1. The maximum Gasteiger partial charge on any atom is 0.224 e. The number of para-hydroxylation sites is 1. The Morgan fingerprint density at radius 2 is 1.87 bits per heavy atom. The van der Waals surface area contributed by atoms with Crippen molar-refractivity contribution in [2.75, 3.05) is 11.9 Å². The molecule has 15 heavy (non-hydrogen) atoms. The van der Waals surface area contributed by atoms with Crippen molar-refractivity contribution >= 4 is 5.69 Å². The number of aromatic nitrogens is 1. The molecule has 74 valence electrons. The van der Waals surface area contributed by atoms with Crippen LogP contribution < -0.4 is 9.47 Å².